The highest BCUT2D eigenvalue weighted by atomic mass is 16.3. The van der Waals surface area contributed by atoms with Crippen LogP contribution >= 0.6 is 0 Å². The monoisotopic (exact) mass is 268 g/mol. The maximum absolute atomic E-state index is 9.47. The summed E-state index contributed by atoms with van der Waals surface area (Å²) in [6.45, 7) is 6.87. The SMILES string of the molecule is CCC1CCC(NCCCN2CCC(O)CC2)CC1. The quantitative estimate of drug-likeness (QED) is 0.726. The molecule has 2 aliphatic rings. The number of likely N-dealkylation sites (tertiary alicyclic amines) is 1. The van der Waals surface area contributed by atoms with E-state index in [1.54, 1.807) is 0 Å². The second-order valence-corrected chi connectivity index (χ2v) is 6.51. The first kappa shape index (κ1) is 15.3. The summed E-state index contributed by atoms with van der Waals surface area (Å²) in [5.41, 5.74) is 0. The highest BCUT2D eigenvalue weighted by molar-refractivity contribution is 4.77. The fourth-order valence-electron chi connectivity index (χ4n) is 3.53. The van der Waals surface area contributed by atoms with Gasteiger partial charge in [0.1, 0.15) is 0 Å². The first-order chi connectivity index (χ1) is 9.28. The van der Waals surface area contributed by atoms with Gasteiger partial charge in [0.2, 0.25) is 0 Å². The summed E-state index contributed by atoms with van der Waals surface area (Å²) in [6.07, 6.45) is 10.1. The van der Waals surface area contributed by atoms with E-state index < -0.39 is 0 Å². The molecule has 2 N–H and O–H groups in total. The Hall–Kier alpha value is -0.120. The van der Waals surface area contributed by atoms with Gasteiger partial charge in [-0.1, -0.05) is 13.3 Å². The van der Waals surface area contributed by atoms with Crippen LogP contribution in [0.5, 0.6) is 0 Å². The van der Waals surface area contributed by atoms with Gasteiger partial charge >= 0.3 is 0 Å². The Balaban J connectivity index is 1.48. The Labute approximate surface area is 118 Å². The minimum absolute atomic E-state index is 0.0388. The van der Waals surface area contributed by atoms with Crippen molar-refractivity contribution in [3.63, 3.8) is 0 Å². The Morgan fingerprint density at radius 2 is 1.74 bits per heavy atom. The molecule has 1 saturated heterocycles. The van der Waals surface area contributed by atoms with E-state index in [1.807, 2.05) is 0 Å². The number of aliphatic hydroxyl groups is 1. The van der Waals surface area contributed by atoms with Crippen LogP contribution < -0.4 is 5.32 Å². The first-order valence-corrected chi connectivity index (χ1v) is 8.41. The van der Waals surface area contributed by atoms with Gasteiger partial charge in [0, 0.05) is 19.1 Å². The van der Waals surface area contributed by atoms with Crippen LogP contribution in [0.15, 0.2) is 0 Å². The average molecular weight is 268 g/mol. The molecular weight excluding hydrogens is 236 g/mol. The molecule has 112 valence electrons. The van der Waals surface area contributed by atoms with Gasteiger partial charge in [-0.15, -0.1) is 0 Å². The average Bonchev–Trinajstić information content (AvgIpc) is 2.46. The standard InChI is InChI=1S/C16H32N2O/c1-2-14-4-6-15(7-5-14)17-10-3-11-18-12-8-16(19)9-13-18/h14-17,19H,2-13H2,1H3. The molecule has 1 saturated carbocycles. The fraction of sp³-hybridized carbons (Fsp3) is 1.00. The van der Waals surface area contributed by atoms with E-state index in [9.17, 15) is 5.11 Å². The molecule has 0 atom stereocenters. The lowest BCUT2D eigenvalue weighted by molar-refractivity contribution is 0.0819. The summed E-state index contributed by atoms with van der Waals surface area (Å²) in [7, 11) is 0. The number of hydrogen-bond acceptors (Lipinski definition) is 3. The molecule has 0 radical (unpaired) electrons. The lowest BCUT2D eigenvalue weighted by Gasteiger charge is -2.30. The highest BCUT2D eigenvalue weighted by Crippen LogP contribution is 2.26. The van der Waals surface area contributed by atoms with Crippen molar-refractivity contribution in [2.24, 2.45) is 5.92 Å². The normalized spacial score (nSPS) is 30.6. The van der Waals surface area contributed by atoms with E-state index in [-0.39, 0.29) is 6.10 Å². The van der Waals surface area contributed by atoms with E-state index in [0.717, 1.165) is 37.9 Å². The molecule has 0 unspecified atom stereocenters. The van der Waals surface area contributed by atoms with Gasteiger partial charge in [0.15, 0.2) is 0 Å². The molecule has 0 aromatic rings. The van der Waals surface area contributed by atoms with Crippen molar-refractivity contribution < 1.29 is 5.11 Å². The maximum atomic E-state index is 9.47. The number of nitrogens with zero attached hydrogens (tertiary/aromatic N) is 1. The predicted molar refractivity (Wildman–Crippen MR) is 80.3 cm³/mol. The number of piperidine rings is 1. The Bertz CT molecular complexity index is 231. The molecule has 3 nitrogen and oxygen atoms in total. The van der Waals surface area contributed by atoms with Crippen LogP contribution in [0.3, 0.4) is 0 Å². The third kappa shape index (κ3) is 5.41. The first-order valence-electron chi connectivity index (χ1n) is 8.41. The lowest BCUT2D eigenvalue weighted by atomic mass is 9.84. The lowest BCUT2D eigenvalue weighted by Crippen LogP contribution is -2.38. The van der Waals surface area contributed by atoms with Crippen LogP contribution in [0.4, 0.5) is 0 Å². The summed E-state index contributed by atoms with van der Waals surface area (Å²) in [4.78, 5) is 2.50. The zero-order valence-electron chi connectivity index (χ0n) is 12.6. The fourth-order valence-corrected chi connectivity index (χ4v) is 3.53. The van der Waals surface area contributed by atoms with Crippen molar-refractivity contribution in [1.82, 2.24) is 10.2 Å². The van der Waals surface area contributed by atoms with Crippen molar-refractivity contribution in [3.8, 4) is 0 Å². The Kier molecular flexibility index (Phi) is 6.62. The van der Waals surface area contributed by atoms with E-state index >= 15 is 0 Å². The van der Waals surface area contributed by atoms with E-state index in [1.165, 1.54) is 51.6 Å². The molecule has 1 aliphatic carbocycles. The molecule has 0 bridgehead atoms. The molecule has 0 aromatic carbocycles. The van der Waals surface area contributed by atoms with E-state index in [4.69, 9.17) is 0 Å². The molecule has 3 heteroatoms. The minimum atomic E-state index is -0.0388. The van der Waals surface area contributed by atoms with Crippen LogP contribution in [-0.4, -0.2) is 48.3 Å². The van der Waals surface area contributed by atoms with Gasteiger partial charge in [-0.3, -0.25) is 0 Å². The van der Waals surface area contributed by atoms with E-state index in [0.29, 0.717) is 0 Å². The third-order valence-electron chi connectivity index (χ3n) is 5.07. The number of nitrogens with one attached hydrogen (secondary N) is 1. The molecule has 2 fully saturated rings. The highest BCUT2D eigenvalue weighted by Gasteiger charge is 2.19. The molecule has 0 amide bonds. The molecule has 2 rings (SSSR count). The maximum Gasteiger partial charge on any atom is 0.0564 e. The number of hydrogen-bond donors (Lipinski definition) is 2. The van der Waals surface area contributed by atoms with Gasteiger partial charge in [-0.2, -0.15) is 0 Å². The van der Waals surface area contributed by atoms with Crippen LogP contribution in [0.25, 0.3) is 0 Å². The van der Waals surface area contributed by atoms with Crippen LogP contribution in [-0.2, 0) is 0 Å². The van der Waals surface area contributed by atoms with Gasteiger partial charge < -0.3 is 15.3 Å². The van der Waals surface area contributed by atoms with Crippen molar-refractivity contribution in [1.29, 1.82) is 0 Å². The largest absolute Gasteiger partial charge is 0.393 e. The van der Waals surface area contributed by atoms with Crippen molar-refractivity contribution in [3.05, 3.63) is 0 Å². The molecule has 0 spiro atoms. The van der Waals surface area contributed by atoms with Crippen molar-refractivity contribution in [2.75, 3.05) is 26.2 Å². The second kappa shape index (κ2) is 8.23. The summed E-state index contributed by atoms with van der Waals surface area (Å²) in [6, 6.07) is 0.783. The minimum Gasteiger partial charge on any atom is -0.393 e. The van der Waals surface area contributed by atoms with Crippen molar-refractivity contribution >= 4 is 0 Å². The van der Waals surface area contributed by atoms with E-state index in [2.05, 4.69) is 17.1 Å². The van der Waals surface area contributed by atoms with Gasteiger partial charge in [-0.05, 0) is 64.0 Å². The van der Waals surface area contributed by atoms with Gasteiger partial charge in [-0.25, -0.2) is 0 Å². The predicted octanol–water partition coefficient (Wildman–Crippen LogP) is 2.39. The summed E-state index contributed by atoms with van der Waals surface area (Å²) < 4.78 is 0. The Morgan fingerprint density at radius 1 is 1.05 bits per heavy atom. The number of aliphatic hydroxyl groups excluding tert-OH is 1. The molecule has 1 aliphatic heterocycles. The third-order valence-corrected chi connectivity index (χ3v) is 5.07. The van der Waals surface area contributed by atoms with Crippen LogP contribution in [0.1, 0.15) is 58.3 Å². The van der Waals surface area contributed by atoms with Gasteiger partial charge in [0.25, 0.3) is 0 Å². The molecule has 19 heavy (non-hydrogen) atoms. The van der Waals surface area contributed by atoms with Crippen molar-refractivity contribution in [2.45, 2.75) is 70.4 Å². The summed E-state index contributed by atoms with van der Waals surface area (Å²) in [5, 5.41) is 13.2. The zero-order valence-corrected chi connectivity index (χ0v) is 12.6. The smallest absolute Gasteiger partial charge is 0.0564 e. The Morgan fingerprint density at radius 3 is 2.37 bits per heavy atom. The molecule has 0 aromatic heterocycles. The zero-order chi connectivity index (χ0) is 13.5. The molecule has 1 heterocycles. The summed E-state index contributed by atoms with van der Waals surface area (Å²) >= 11 is 0. The van der Waals surface area contributed by atoms with Crippen LogP contribution in [0.2, 0.25) is 0 Å². The second-order valence-electron chi connectivity index (χ2n) is 6.51. The summed E-state index contributed by atoms with van der Waals surface area (Å²) in [5.74, 6) is 0.998. The topological polar surface area (TPSA) is 35.5 Å². The van der Waals surface area contributed by atoms with Gasteiger partial charge in [0.05, 0.1) is 6.10 Å². The molecular formula is C16H32N2O. The van der Waals surface area contributed by atoms with Crippen LogP contribution in [0, 0.1) is 5.92 Å². The number of rotatable bonds is 6.